The average molecular weight is 386 g/mol. The third kappa shape index (κ3) is 2.40. The summed E-state index contributed by atoms with van der Waals surface area (Å²) in [6.07, 6.45) is 1.57. The molecule has 8 nitrogen and oxygen atoms in total. The van der Waals surface area contributed by atoms with Crippen molar-refractivity contribution in [3.8, 4) is 11.3 Å². The maximum atomic E-state index is 14.4. The van der Waals surface area contributed by atoms with Crippen molar-refractivity contribution in [1.29, 1.82) is 0 Å². The van der Waals surface area contributed by atoms with Gasteiger partial charge in [-0.2, -0.15) is 9.61 Å². The topological polar surface area (TPSA) is 77.0 Å². The summed E-state index contributed by atoms with van der Waals surface area (Å²) in [4.78, 5) is 11.4. The summed E-state index contributed by atoms with van der Waals surface area (Å²) in [5.41, 5.74) is 2.20. The predicted octanol–water partition coefficient (Wildman–Crippen LogP) is 2.70. The number of fused-ring (bicyclic) bond motifs is 4. The molecule has 0 unspecified atom stereocenters. The molecule has 142 valence electrons. The maximum absolute atomic E-state index is 14.4. The molecule has 0 spiro atoms. The Kier molecular flexibility index (Phi) is 3.37. The number of halogens is 1. The third-order valence-electron chi connectivity index (χ3n) is 5.27. The van der Waals surface area contributed by atoms with Crippen LogP contribution in [0.1, 0.15) is 5.82 Å². The number of para-hydroxylation sites is 1. The fraction of sp³-hybridized carbons (Fsp3) is 0.150. The molecule has 29 heavy (non-hydrogen) atoms. The van der Waals surface area contributed by atoms with Gasteiger partial charge in [-0.1, -0.05) is 29.5 Å². The summed E-state index contributed by atoms with van der Waals surface area (Å²) in [6, 6.07) is 14.5. The van der Waals surface area contributed by atoms with Crippen molar-refractivity contribution in [2.75, 3.05) is 11.4 Å². The lowest BCUT2D eigenvalue weighted by atomic mass is 10.1. The molecule has 0 fully saturated rings. The maximum Gasteiger partial charge on any atom is 0.186 e. The minimum absolute atomic E-state index is 0.350. The highest BCUT2D eigenvalue weighted by atomic mass is 19.1. The van der Waals surface area contributed by atoms with E-state index in [1.54, 1.807) is 29.0 Å². The molecule has 9 heteroatoms. The van der Waals surface area contributed by atoms with Crippen molar-refractivity contribution < 1.29 is 4.39 Å². The predicted molar refractivity (Wildman–Crippen MR) is 105 cm³/mol. The van der Waals surface area contributed by atoms with Crippen molar-refractivity contribution >= 4 is 22.4 Å². The fourth-order valence-electron chi connectivity index (χ4n) is 3.86. The minimum Gasteiger partial charge on any atom is -0.347 e. The van der Waals surface area contributed by atoms with Crippen LogP contribution in [0.2, 0.25) is 0 Å². The molecule has 0 N–H and O–H groups in total. The zero-order chi connectivity index (χ0) is 19.4. The van der Waals surface area contributed by atoms with Crippen LogP contribution in [0, 0.1) is 5.82 Å². The number of benzene rings is 2. The molecule has 0 aliphatic carbocycles. The van der Waals surface area contributed by atoms with Gasteiger partial charge in [0.25, 0.3) is 0 Å². The van der Waals surface area contributed by atoms with Crippen molar-refractivity contribution in [2.24, 2.45) is 0 Å². The second-order valence-corrected chi connectivity index (χ2v) is 6.93. The van der Waals surface area contributed by atoms with Gasteiger partial charge in [0.1, 0.15) is 29.5 Å². The molecule has 6 rings (SSSR count). The van der Waals surface area contributed by atoms with Gasteiger partial charge < -0.3 is 4.90 Å². The fourth-order valence-corrected chi connectivity index (χ4v) is 3.86. The second kappa shape index (κ2) is 6.06. The Morgan fingerprint density at radius 3 is 2.76 bits per heavy atom. The van der Waals surface area contributed by atoms with Gasteiger partial charge in [0.15, 0.2) is 5.65 Å². The Balaban J connectivity index is 1.60. The highest BCUT2D eigenvalue weighted by molar-refractivity contribution is 5.93. The van der Waals surface area contributed by atoms with Gasteiger partial charge in [-0.3, -0.25) is 0 Å². The van der Waals surface area contributed by atoms with Gasteiger partial charge in [-0.05, 0) is 24.3 Å². The van der Waals surface area contributed by atoms with E-state index in [4.69, 9.17) is 4.98 Å². The molecule has 2 aromatic carbocycles. The summed E-state index contributed by atoms with van der Waals surface area (Å²) in [5, 5.41) is 13.7. The molecule has 0 radical (unpaired) electrons. The normalized spacial score (nSPS) is 13.9. The van der Waals surface area contributed by atoms with Crippen LogP contribution in [0.3, 0.4) is 0 Å². The van der Waals surface area contributed by atoms with E-state index in [2.05, 4.69) is 25.3 Å². The monoisotopic (exact) mass is 386 g/mol. The van der Waals surface area contributed by atoms with Crippen LogP contribution in [0.5, 0.6) is 0 Å². The molecule has 1 aliphatic rings. The van der Waals surface area contributed by atoms with Gasteiger partial charge in [0, 0.05) is 17.5 Å². The lowest BCUT2D eigenvalue weighted by molar-refractivity contribution is 0.511. The number of nitrogens with zero attached hydrogens (tertiary/aromatic N) is 8. The Morgan fingerprint density at radius 2 is 1.83 bits per heavy atom. The summed E-state index contributed by atoms with van der Waals surface area (Å²) < 4.78 is 18.0. The Morgan fingerprint density at radius 1 is 0.966 bits per heavy atom. The highest BCUT2D eigenvalue weighted by Crippen LogP contribution is 2.31. The van der Waals surface area contributed by atoms with Crippen LogP contribution >= 0.6 is 0 Å². The van der Waals surface area contributed by atoms with Crippen LogP contribution in [0.25, 0.3) is 27.8 Å². The molecule has 0 saturated carbocycles. The van der Waals surface area contributed by atoms with Crippen LogP contribution < -0.4 is 4.90 Å². The first-order valence-electron chi connectivity index (χ1n) is 9.30. The number of hydrogen-bond acceptors (Lipinski definition) is 6. The van der Waals surface area contributed by atoms with Crippen molar-refractivity contribution in [3.63, 3.8) is 0 Å². The molecular formula is C20H15FN8. The average Bonchev–Trinajstić information content (AvgIpc) is 3.40. The molecule has 3 aromatic heterocycles. The van der Waals surface area contributed by atoms with E-state index in [0.29, 0.717) is 23.4 Å². The summed E-state index contributed by atoms with van der Waals surface area (Å²) in [7, 11) is 0. The first kappa shape index (κ1) is 16.1. The third-order valence-corrected chi connectivity index (χ3v) is 5.27. The van der Waals surface area contributed by atoms with Gasteiger partial charge >= 0.3 is 0 Å². The van der Waals surface area contributed by atoms with Crippen molar-refractivity contribution in [3.05, 3.63) is 66.5 Å². The number of rotatable bonds is 2. The van der Waals surface area contributed by atoms with E-state index in [0.717, 1.165) is 35.6 Å². The van der Waals surface area contributed by atoms with E-state index in [9.17, 15) is 4.39 Å². The van der Waals surface area contributed by atoms with Crippen molar-refractivity contribution in [2.45, 2.75) is 13.1 Å². The quantitative estimate of drug-likeness (QED) is 0.464. The molecule has 1 aliphatic heterocycles. The number of aromatic nitrogens is 7. The van der Waals surface area contributed by atoms with Crippen molar-refractivity contribution in [1.82, 2.24) is 34.6 Å². The lowest BCUT2D eigenvalue weighted by Gasteiger charge is -2.28. The molecule has 0 amide bonds. The standard InChI is InChI=1S/C20H15FN8/c21-15-7-3-1-5-13(15)18-20-24-19(27-9-10-28-17(11-27)22-12-23-28)14-6-2-4-8-16(14)29(20)26-25-18/h1-8,12H,9-11H2. The summed E-state index contributed by atoms with van der Waals surface area (Å²) in [5.74, 6) is 1.35. The Labute approximate surface area is 164 Å². The highest BCUT2D eigenvalue weighted by Gasteiger charge is 2.24. The molecule has 0 atom stereocenters. The zero-order valence-corrected chi connectivity index (χ0v) is 15.3. The van der Waals surface area contributed by atoms with Gasteiger partial charge in [0.2, 0.25) is 0 Å². The number of hydrogen-bond donors (Lipinski definition) is 0. The largest absolute Gasteiger partial charge is 0.347 e. The SMILES string of the molecule is Fc1ccccc1-c1nnn2c1nc(N1CCn3ncnc3C1)c1ccccc12. The lowest BCUT2D eigenvalue weighted by Crippen LogP contribution is -2.35. The Hall–Kier alpha value is -3.88. The van der Waals surface area contributed by atoms with Gasteiger partial charge in [-0.25, -0.2) is 19.0 Å². The van der Waals surface area contributed by atoms with E-state index in [1.807, 2.05) is 28.9 Å². The second-order valence-electron chi connectivity index (χ2n) is 6.93. The van der Waals surface area contributed by atoms with E-state index >= 15 is 0 Å². The summed E-state index contributed by atoms with van der Waals surface area (Å²) in [6.45, 7) is 2.08. The van der Waals surface area contributed by atoms with Crippen LogP contribution in [0.15, 0.2) is 54.9 Å². The van der Waals surface area contributed by atoms with E-state index < -0.39 is 0 Å². The first-order valence-corrected chi connectivity index (χ1v) is 9.30. The van der Waals surface area contributed by atoms with Crippen LogP contribution in [-0.2, 0) is 13.1 Å². The van der Waals surface area contributed by atoms with Crippen LogP contribution in [-0.4, -0.2) is 41.1 Å². The van der Waals surface area contributed by atoms with Gasteiger partial charge in [0.05, 0.1) is 18.6 Å². The first-order chi connectivity index (χ1) is 14.3. The molecular weight excluding hydrogens is 371 g/mol. The van der Waals surface area contributed by atoms with E-state index in [-0.39, 0.29) is 5.82 Å². The summed E-state index contributed by atoms with van der Waals surface area (Å²) >= 11 is 0. The number of anilines is 1. The van der Waals surface area contributed by atoms with Crippen LogP contribution in [0.4, 0.5) is 10.2 Å². The Bertz CT molecular complexity index is 1370. The molecule has 5 aromatic rings. The smallest absolute Gasteiger partial charge is 0.186 e. The zero-order valence-electron chi connectivity index (χ0n) is 15.3. The molecule has 4 heterocycles. The molecule has 0 bridgehead atoms. The van der Waals surface area contributed by atoms with E-state index in [1.165, 1.54) is 6.07 Å². The van der Waals surface area contributed by atoms with Gasteiger partial charge in [-0.15, -0.1) is 5.10 Å². The minimum atomic E-state index is -0.350. The molecule has 0 saturated heterocycles.